The summed E-state index contributed by atoms with van der Waals surface area (Å²) in [6, 6.07) is 9.96. The number of carbonyl (C=O) groups excluding carboxylic acids is 1. The Balaban J connectivity index is 1.50. The number of nitrogens with one attached hydrogen (secondary N) is 3. The number of fused-ring (bicyclic) bond motifs is 3. The first kappa shape index (κ1) is 21.6. The number of aromatic amines is 1. The zero-order valence-corrected chi connectivity index (χ0v) is 18.7. The standard InChI is InChI=1S/C23H28N6O3/c1-14(2)31-9-8-25-23(30)32-12-15-6-5-7-16(10-15)18-11-17-20-19(26-13-29(20)4)22(24-3)28-21(17)27-18/h5-7,10-11,13-14H,8-9,12H2,1-4H3,(H,25,30)(H2,24,27,28). The van der Waals surface area contributed by atoms with Gasteiger partial charge in [-0.1, -0.05) is 18.2 Å². The van der Waals surface area contributed by atoms with Gasteiger partial charge >= 0.3 is 6.09 Å². The number of benzene rings is 1. The summed E-state index contributed by atoms with van der Waals surface area (Å²) < 4.78 is 12.7. The second-order valence-corrected chi connectivity index (χ2v) is 7.83. The third-order valence-electron chi connectivity index (χ3n) is 5.10. The first-order valence-corrected chi connectivity index (χ1v) is 10.6. The second kappa shape index (κ2) is 9.27. The van der Waals surface area contributed by atoms with Gasteiger partial charge in [-0.2, -0.15) is 0 Å². The highest BCUT2D eigenvalue weighted by Crippen LogP contribution is 2.31. The molecule has 0 aliphatic rings. The Morgan fingerprint density at radius 1 is 1.28 bits per heavy atom. The molecule has 9 nitrogen and oxygen atoms in total. The number of hydrogen-bond donors (Lipinski definition) is 3. The molecule has 3 heterocycles. The average Bonchev–Trinajstić information content (AvgIpc) is 3.38. The summed E-state index contributed by atoms with van der Waals surface area (Å²) in [7, 11) is 3.81. The number of aryl methyl sites for hydroxylation is 1. The Labute approximate surface area is 186 Å². The van der Waals surface area contributed by atoms with Crippen LogP contribution in [0.25, 0.3) is 33.3 Å². The summed E-state index contributed by atoms with van der Waals surface area (Å²) in [6.07, 6.45) is 1.46. The van der Waals surface area contributed by atoms with Crippen LogP contribution in [-0.4, -0.2) is 51.9 Å². The number of pyridine rings is 1. The maximum Gasteiger partial charge on any atom is 0.407 e. The summed E-state index contributed by atoms with van der Waals surface area (Å²) >= 11 is 0. The molecule has 0 bridgehead atoms. The highest BCUT2D eigenvalue weighted by molar-refractivity contribution is 6.07. The normalized spacial score (nSPS) is 11.4. The fraction of sp³-hybridized carbons (Fsp3) is 0.348. The number of rotatable bonds is 8. The molecular weight excluding hydrogens is 408 g/mol. The molecule has 0 unspecified atom stereocenters. The lowest BCUT2D eigenvalue weighted by atomic mass is 10.1. The Hall–Kier alpha value is -3.59. The van der Waals surface area contributed by atoms with Crippen LogP contribution >= 0.6 is 0 Å². The van der Waals surface area contributed by atoms with Gasteiger partial charge in [0.2, 0.25) is 0 Å². The van der Waals surface area contributed by atoms with Crippen molar-refractivity contribution < 1.29 is 14.3 Å². The lowest BCUT2D eigenvalue weighted by Crippen LogP contribution is -2.28. The molecular formula is C23H28N6O3. The van der Waals surface area contributed by atoms with Gasteiger partial charge in [-0.15, -0.1) is 0 Å². The molecule has 32 heavy (non-hydrogen) atoms. The van der Waals surface area contributed by atoms with E-state index in [9.17, 15) is 4.79 Å². The SMILES string of the molecule is CNc1nc2[nH]c(-c3cccc(COC(=O)NCCOC(C)C)c3)cc2c2c1ncn2C. The van der Waals surface area contributed by atoms with Crippen LogP contribution in [0, 0.1) is 0 Å². The molecule has 0 aliphatic carbocycles. The number of hydrogen-bond acceptors (Lipinski definition) is 6. The van der Waals surface area contributed by atoms with Crippen molar-refractivity contribution in [2.24, 2.45) is 7.05 Å². The molecule has 3 N–H and O–H groups in total. The molecule has 0 aliphatic heterocycles. The van der Waals surface area contributed by atoms with E-state index < -0.39 is 6.09 Å². The van der Waals surface area contributed by atoms with Crippen LogP contribution in [0.4, 0.5) is 10.6 Å². The van der Waals surface area contributed by atoms with Crippen LogP contribution in [0.3, 0.4) is 0 Å². The molecule has 0 saturated heterocycles. The van der Waals surface area contributed by atoms with Gasteiger partial charge in [-0.3, -0.25) is 0 Å². The van der Waals surface area contributed by atoms with Crippen LogP contribution in [0.15, 0.2) is 36.7 Å². The second-order valence-electron chi connectivity index (χ2n) is 7.83. The number of carbonyl (C=O) groups is 1. The first-order chi connectivity index (χ1) is 15.5. The zero-order valence-electron chi connectivity index (χ0n) is 18.7. The number of amides is 1. The van der Waals surface area contributed by atoms with Crippen LogP contribution in [-0.2, 0) is 23.1 Å². The molecule has 4 rings (SSSR count). The molecule has 3 aromatic heterocycles. The minimum atomic E-state index is -0.462. The van der Waals surface area contributed by atoms with E-state index in [1.807, 2.05) is 56.8 Å². The zero-order chi connectivity index (χ0) is 22.7. The monoisotopic (exact) mass is 436 g/mol. The van der Waals surface area contributed by atoms with Crippen molar-refractivity contribution >= 4 is 34.0 Å². The van der Waals surface area contributed by atoms with E-state index in [4.69, 9.17) is 9.47 Å². The van der Waals surface area contributed by atoms with Gasteiger partial charge in [-0.05, 0) is 37.1 Å². The maximum absolute atomic E-state index is 11.9. The number of anilines is 1. The number of H-pyrrole nitrogens is 1. The van der Waals surface area contributed by atoms with Gasteiger partial charge in [0, 0.05) is 31.7 Å². The van der Waals surface area contributed by atoms with Crippen LogP contribution in [0.1, 0.15) is 19.4 Å². The van der Waals surface area contributed by atoms with Gasteiger partial charge in [-0.25, -0.2) is 14.8 Å². The molecule has 0 spiro atoms. The van der Waals surface area contributed by atoms with Crippen molar-refractivity contribution in [1.29, 1.82) is 0 Å². The van der Waals surface area contributed by atoms with Crippen LogP contribution < -0.4 is 10.6 Å². The Morgan fingerprint density at radius 3 is 2.91 bits per heavy atom. The van der Waals surface area contributed by atoms with Crippen LogP contribution in [0.5, 0.6) is 0 Å². The van der Waals surface area contributed by atoms with Gasteiger partial charge in [0.05, 0.1) is 24.6 Å². The lowest BCUT2D eigenvalue weighted by molar-refractivity contribution is 0.0775. The Bertz CT molecular complexity index is 1240. The molecule has 0 saturated carbocycles. The van der Waals surface area contributed by atoms with Crippen molar-refractivity contribution in [3.05, 3.63) is 42.2 Å². The van der Waals surface area contributed by atoms with Gasteiger partial charge in [0.15, 0.2) is 5.82 Å². The average molecular weight is 437 g/mol. The summed E-state index contributed by atoms with van der Waals surface area (Å²) in [4.78, 5) is 24.5. The van der Waals surface area contributed by atoms with Crippen molar-refractivity contribution in [3.63, 3.8) is 0 Å². The predicted molar refractivity (Wildman–Crippen MR) is 125 cm³/mol. The Morgan fingerprint density at radius 2 is 2.12 bits per heavy atom. The van der Waals surface area contributed by atoms with E-state index in [0.29, 0.717) is 13.2 Å². The highest BCUT2D eigenvalue weighted by atomic mass is 16.5. The van der Waals surface area contributed by atoms with Gasteiger partial charge in [0.1, 0.15) is 17.8 Å². The molecule has 1 amide bonds. The van der Waals surface area contributed by atoms with E-state index in [2.05, 4.69) is 31.7 Å². The topological polar surface area (TPSA) is 106 Å². The third-order valence-corrected chi connectivity index (χ3v) is 5.10. The van der Waals surface area contributed by atoms with Crippen molar-refractivity contribution in [3.8, 4) is 11.3 Å². The molecule has 4 aromatic rings. The number of nitrogens with zero attached hydrogens (tertiary/aromatic N) is 3. The molecule has 1 aromatic carbocycles. The van der Waals surface area contributed by atoms with E-state index in [1.165, 1.54) is 0 Å². The Kier molecular flexibility index (Phi) is 6.27. The van der Waals surface area contributed by atoms with Crippen molar-refractivity contribution in [1.82, 2.24) is 24.8 Å². The van der Waals surface area contributed by atoms with Gasteiger partial charge in [0.25, 0.3) is 0 Å². The highest BCUT2D eigenvalue weighted by Gasteiger charge is 2.15. The van der Waals surface area contributed by atoms with E-state index in [1.54, 1.807) is 6.33 Å². The van der Waals surface area contributed by atoms with Gasteiger partial charge < -0.3 is 29.7 Å². The van der Waals surface area contributed by atoms with E-state index in [0.717, 1.165) is 44.7 Å². The first-order valence-electron chi connectivity index (χ1n) is 10.6. The number of imidazole rings is 1. The summed E-state index contributed by atoms with van der Waals surface area (Å²) in [5, 5.41) is 6.80. The minimum Gasteiger partial charge on any atom is -0.445 e. The smallest absolute Gasteiger partial charge is 0.407 e. The predicted octanol–water partition coefficient (Wildman–Crippen LogP) is 3.81. The summed E-state index contributed by atoms with van der Waals surface area (Å²) in [6.45, 7) is 4.95. The molecule has 0 radical (unpaired) electrons. The van der Waals surface area contributed by atoms with Crippen LogP contribution in [0.2, 0.25) is 0 Å². The summed E-state index contributed by atoms with van der Waals surface area (Å²) in [5.41, 5.74) is 5.44. The van der Waals surface area contributed by atoms with E-state index in [-0.39, 0.29) is 12.7 Å². The number of ether oxygens (including phenoxy) is 2. The molecule has 9 heteroatoms. The van der Waals surface area contributed by atoms with Crippen molar-refractivity contribution in [2.75, 3.05) is 25.5 Å². The molecule has 0 atom stereocenters. The fourth-order valence-electron chi connectivity index (χ4n) is 3.60. The number of aromatic nitrogens is 4. The third kappa shape index (κ3) is 4.52. The molecule has 0 fully saturated rings. The maximum atomic E-state index is 11.9. The largest absolute Gasteiger partial charge is 0.445 e. The quantitative estimate of drug-likeness (QED) is 0.363. The summed E-state index contributed by atoms with van der Waals surface area (Å²) in [5.74, 6) is 0.730. The fourth-order valence-corrected chi connectivity index (χ4v) is 3.60. The lowest BCUT2D eigenvalue weighted by Gasteiger charge is -2.10. The van der Waals surface area contributed by atoms with E-state index >= 15 is 0 Å². The number of alkyl carbamates (subject to hydrolysis) is 1. The van der Waals surface area contributed by atoms with Crippen molar-refractivity contribution in [2.45, 2.75) is 26.6 Å². The molecule has 168 valence electrons. The minimum absolute atomic E-state index is 0.134.